The molecule has 0 aliphatic heterocycles. The lowest BCUT2D eigenvalue weighted by molar-refractivity contribution is -0.142. The Bertz CT molecular complexity index is 841. The van der Waals surface area contributed by atoms with Crippen LogP contribution in [-0.4, -0.2) is 28.7 Å². The van der Waals surface area contributed by atoms with Crippen molar-refractivity contribution < 1.29 is 23.9 Å². The fraction of sp³-hybridized carbons (Fsp3) is 0.348. The molecule has 0 aliphatic carbocycles. The van der Waals surface area contributed by atoms with Gasteiger partial charge in [0.1, 0.15) is 16.7 Å². The maximum Gasteiger partial charge on any atom is 0.319 e. The second kappa shape index (κ2) is 10.8. The lowest BCUT2D eigenvalue weighted by atomic mass is 10.0. The highest BCUT2D eigenvalue weighted by Gasteiger charge is 2.26. The minimum Gasteiger partial charge on any atom is -0.465 e. The third-order valence-corrected chi connectivity index (χ3v) is 5.16. The Morgan fingerprint density at radius 3 is 1.97 bits per heavy atom. The number of carbonyl (C=O) groups excluding carboxylic acids is 3. The topological polar surface area (TPSA) is 69.7 Å². The highest BCUT2D eigenvalue weighted by molar-refractivity contribution is 8.14. The molecule has 1 unspecified atom stereocenters. The van der Waals surface area contributed by atoms with Crippen LogP contribution in [0.2, 0.25) is 0 Å². The number of hydrogen-bond acceptors (Lipinski definition) is 6. The first kappa shape index (κ1) is 22.7. The van der Waals surface area contributed by atoms with Crippen LogP contribution in [0.4, 0.5) is 0 Å². The molecule has 0 N–H and O–H groups in total. The van der Waals surface area contributed by atoms with E-state index in [2.05, 4.69) is 13.8 Å². The Labute approximate surface area is 175 Å². The van der Waals surface area contributed by atoms with E-state index in [1.165, 1.54) is 12.5 Å². The molecule has 5 nitrogen and oxygen atoms in total. The summed E-state index contributed by atoms with van der Waals surface area (Å²) in [5.41, 5.74) is 1.68. The number of carbonyl (C=O) groups is 3. The molecule has 0 bridgehead atoms. The van der Waals surface area contributed by atoms with Gasteiger partial charge in [-0.3, -0.25) is 14.4 Å². The molecule has 0 heterocycles. The molecular weight excluding hydrogens is 388 g/mol. The Morgan fingerprint density at radius 2 is 1.48 bits per heavy atom. The van der Waals surface area contributed by atoms with E-state index in [-0.39, 0.29) is 23.9 Å². The number of hydrogen-bond donors (Lipinski definition) is 0. The van der Waals surface area contributed by atoms with E-state index in [0.29, 0.717) is 23.0 Å². The van der Waals surface area contributed by atoms with E-state index >= 15 is 0 Å². The van der Waals surface area contributed by atoms with Crippen molar-refractivity contribution in [1.29, 1.82) is 0 Å². The van der Waals surface area contributed by atoms with Gasteiger partial charge in [-0.05, 0) is 54.8 Å². The van der Waals surface area contributed by atoms with Crippen molar-refractivity contribution in [3.8, 4) is 11.5 Å². The van der Waals surface area contributed by atoms with Gasteiger partial charge in [0.15, 0.2) is 10.9 Å². The summed E-state index contributed by atoms with van der Waals surface area (Å²) in [6, 6.07) is 14.6. The van der Waals surface area contributed by atoms with Crippen LogP contribution in [0.1, 0.15) is 56.0 Å². The van der Waals surface area contributed by atoms with Crippen LogP contribution in [0.3, 0.4) is 0 Å². The van der Waals surface area contributed by atoms with Crippen LogP contribution in [0.15, 0.2) is 48.5 Å². The van der Waals surface area contributed by atoms with Crippen molar-refractivity contribution in [2.24, 2.45) is 0 Å². The normalized spacial score (nSPS) is 11.8. The number of Topliss-reactive ketones (excluding diaryl/α,β-unsaturated/α-hetero) is 1. The van der Waals surface area contributed by atoms with Crippen molar-refractivity contribution >= 4 is 28.6 Å². The van der Waals surface area contributed by atoms with Crippen LogP contribution in [0.25, 0.3) is 0 Å². The summed E-state index contributed by atoms with van der Waals surface area (Å²) in [6.45, 7) is 7.51. The molecule has 154 valence electrons. The molecule has 29 heavy (non-hydrogen) atoms. The molecule has 2 rings (SSSR count). The van der Waals surface area contributed by atoms with Gasteiger partial charge in [-0.15, -0.1) is 0 Å². The summed E-state index contributed by atoms with van der Waals surface area (Å²) in [5.74, 6) is 0.997. The Hall–Kier alpha value is -2.60. The fourth-order valence-electron chi connectivity index (χ4n) is 2.66. The van der Waals surface area contributed by atoms with Crippen LogP contribution in [-0.2, 0) is 14.3 Å². The third-order valence-electron chi connectivity index (χ3n) is 4.19. The van der Waals surface area contributed by atoms with E-state index in [0.717, 1.165) is 11.8 Å². The molecule has 0 aliphatic rings. The Balaban J connectivity index is 2.03. The smallest absolute Gasteiger partial charge is 0.319 e. The second-order valence-corrected chi connectivity index (χ2v) is 8.21. The predicted molar refractivity (Wildman–Crippen MR) is 115 cm³/mol. The second-order valence-electron chi connectivity index (χ2n) is 6.83. The Kier molecular flexibility index (Phi) is 8.46. The molecule has 6 heteroatoms. The fourth-order valence-corrected chi connectivity index (χ4v) is 3.46. The third kappa shape index (κ3) is 7.06. The molecule has 2 aromatic carbocycles. The zero-order chi connectivity index (χ0) is 21.4. The summed E-state index contributed by atoms with van der Waals surface area (Å²) < 4.78 is 10.8. The number of ketones is 1. The molecule has 0 saturated carbocycles. The van der Waals surface area contributed by atoms with Crippen LogP contribution < -0.4 is 4.74 Å². The van der Waals surface area contributed by atoms with E-state index in [1.54, 1.807) is 31.2 Å². The summed E-state index contributed by atoms with van der Waals surface area (Å²) in [6.07, 6.45) is -0.0973. The molecule has 0 amide bonds. The van der Waals surface area contributed by atoms with Gasteiger partial charge in [0.05, 0.1) is 6.61 Å². The van der Waals surface area contributed by atoms with Gasteiger partial charge in [0, 0.05) is 18.9 Å². The van der Waals surface area contributed by atoms with Crippen molar-refractivity contribution in [1.82, 2.24) is 0 Å². The quantitative estimate of drug-likeness (QED) is 0.405. The maximum atomic E-state index is 12.5. The van der Waals surface area contributed by atoms with Gasteiger partial charge < -0.3 is 9.47 Å². The molecule has 1 atom stereocenters. The van der Waals surface area contributed by atoms with Gasteiger partial charge in [0.25, 0.3) is 0 Å². The molecule has 0 saturated heterocycles. The van der Waals surface area contributed by atoms with Crippen molar-refractivity contribution in [3.63, 3.8) is 0 Å². The zero-order valence-electron chi connectivity index (χ0n) is 17.1. The molecule has 0 radical (unpaired) electrons. The van der Waals surface area contributed by atoms with Gasteiger partial charge in [-0.1, -0.05) is 37.7 Å². The van der Waals surface area contributed by atoms with Crippen molar-refractivity contribution in [2.75, 3.05) is 6.61 Å². The zero-order valence-corrected chi connectivity index (χ0v) is 18.0. The number of ether oxygens (including phenoxy) is 2. The van der Waals surface area contributed by atoms with Gasteiger partial charge in [-0.2, -0.15) is 0 Å². The first-order chi connectivity index (χ1) is 13.8. The Morgan fingerprint density at radius 1 is 0.931 bits per heavy atom. The predicted octanol–water partition coefficient (Wildman–Crippen LogP) is 5.39. The average Bonchev–Trinajstić information content (AvgIpc) is 2.68. The lowest BCUT2D eigenvalue weighted by Crippen LogP contribution is -2.24. The highest BCUT2D eigenvalue weighted by Crippen LogP contribution is 2.25. The SMILES string of the molecule is CCOC(=O)C(CC(=O)c1ccc(Oc2ccc(C(C)C)cc2)cc1)SC(C)=O. The number of esters is 1. The number of benzene rings is 2. The summed E-state index contributed by atoms with van der Waals surface area (Å²) in [5, 5.41) is -1.07. The first-order valence-electron chi connectivity index (χ1n) is 9.55. The largest absolute Gasteiger partial charge is 0.465 e. The van der Waals surface area contributed by atoms with Gasteiger partial charge in [-0.25, -0.2) is 0 Å². The molecule has 2 aromatic rings. The lowest BCUT2D eigenvalue weighted by Gasteiger charge is -2.13. The monoisotopic (exact) mass is 414 g/mol. The summed E-state index contributed by atoms with van der Waals surface area (Å²) in [4.78, 5) is 35.9. The van der Waals surface area contributed by atoms with Crippen LogP contribution in [0, 0.1) is 0 Å². The van der Waals surface area contributed by atoms with Crippen LogP contribution >= 0.6 is 11.8 Å². The van der Waals surface area contributed by atoms with E-state index in [4.69, 9.17) is 9.47 Å². The average molecular weight is 415 g/mol. The van der Waals surface area contributed by atoms with Crippen molar-refractivity contribution in [3.05, 3.63) is 59.7 Å². The van der Waals surface area contributed by atoms with E-state index < -0.39 is 11.2 Å². The standard InChI is InChI=1S/C23H26O5S/c1-5-27-23(26)22(29-16(4)24)14-21(25)18-8-12-20(13-9-18)28-19-10-6-17(7-11-19)15(2)3/h6-13,15,22H,5,14H2,1-4H3. The molecule has 0 aromatic heterocycles. The van der Waals surface area contributed by atoms with Crippen LogP contribution in [0.5, 0.6) is 11.5 Å². The van der Waals surface area contributed by atoms with E-state index in [1.807, 2.05) is 24.3 Å². The summed E-state index contributed by atoms with van der Waals surface area (Å²) in [7, 11) is 0. The minimum atomic E-state index is -0.838. The highest BCUT2D eigenvalue weighted by atomic mass is 32.2. The maximum absolute atomic E-state index is 12.5. The van der Waals surface area contributed by atoms with E-state index in [9.17, 15) is 14.4 Å². The van der Waals surface area contributed by atoms with Crippen molar-refractivity contribution in [2.45, 2.75) is 45.3 Å². The number of rotatable bonds is 9. The minimum absolute atomic E-state index is 0.0973. The first-order valence-corrected chi connectivity index (χ1v) is 10.4. The molecule has 0 spiro atoms. The number of thioether (sulfide) groups is 1. The molecular formula is C23H26O5S. The summed E-state index contributed by atoms with van der Waals surface area (Å²) >= 11 is 0.820. The van der Waals surface area contributed by atoms with Gasteiger partial charge >= 0.3 is 5.97 Å². The van der Waals surface area contributed by atoms with Gasteiger partial charge in [0.2, 0.25) is 0 Å². The molecule has 0 fully saturated rings.